The molecule has 1 aromatic heterocycles. The fourth-order valence-corrected chi connectivity index (χ4v) is 4.40. The number of hydrogen-bond acceptors (Lipinski definition) is 2. The zero-order valence-electron chi connectivity index (χ0n) is 12.6. The smallest absolute Gasteiger partial charge is 0.0731 e. The van der Waals surface area contributed by atoms with Gasteiger partial charge in [0.25, 0.3) is 0 Å². The van der Waals surface area contributed by atoms with Gasteiger partial charge in [-0.1, -0.05) is 38.7 Å². The van der Waals surface area contributed by atoms with Crippen LogP contribution in [0.1, 0.15) is 75.5 Å². The molecule has 110 valence electrons. The number of pyridine rings is 1. The van der Waals surface area contributed by atoms with Crippen LogP contribution < -0.4 is 0 Å². The Morgan fingerprint density at radius 1 is 1.30 bits per heavy atom. The summed E-state index contributed by atoms with van der Waals surface area (Å²) < 4.78 is 0. The number of hydrogen-bond donors (Lipinski definition) is 1. The topological polar surface area (TPSA) is 33.1 Å². The molecule has 1 aromatic rings. The third-order valence-corrected chi connectivity index (χ3v) is 5.51. The van der Waals surface area contributed by atoms with Crippen LogP contribution >= 0.6 is 0 Å². The van der Waals surface area contributed by atoms with Gasteiger partial charge in [-0.2, -0.15) is 0 Å². The highest BCUT2D eigenvalue weighted by Gasteiger charge is 2.42. The number of fused-ring (bicyclic) bond motifs is 1. The highest BCUT2D eigenvalue weighted by molar-refractivity contribution is 5.31. The third kappa shape index (κ3) is 2.63. The fraction of sp³-hybridized carbons (Fsp3) is 0.722. The molecule has 2 heteroatoms. The van der Waals surface area contributed by atoms with Crippen molar-refractivity contribution in [1.29, 1.82) is 0 Å². The molecule has 0 bridgehead atoms. The summed E-state index contributed by atoms with van der Waals surface area (Å²) in [6, 6.07) is 4.21. The van der Waals surface area contributed by atoms with E-state index in [1.165, 1.54) is 43.4 Å². The summed E-state index contributed by atoms with van der Waals surface area (Å²) in [7, 11) is 0. The van der Waals surface area contributed by atoms with Gasteiger partial charge in [0, 0.05) is 17.8 Å². The molecule has 1 saturated carbocycles. The van der Waals surface area contributed by atoms with Crippen molar-refractivity contribution >= 4 is 0 Å². The molecule has 1 heterocycles. The van der Waals surface area contributed by atoms with Gasteiger partial charge in [0.15, 0.2) is 0 Å². The molecule has 2 aliphatic rings. The number of aryl methyl sites for hydroxylation is 1. The molecule has 0 spiro atoms. The lowest BCUT2D eigenvalue weighted by Gasteiger charge is -2.33. The van der Waals surface area contributed by atoms with Gasteiger partial charge in [0.05, 0.1) is 5.60 Å². The van der Waals surface area contributed by atoms with E-state index in [-0.39, 0.29) is 5.92 Å². The third-order valence-electron chi connectivity index (χ3n) is 5.51. The normalized spacial score (nSPS) is 33.7. The minimum Gasteiger partial charge on any atom is -0.389 e. The van der Waals surface area contributed by atoms with Crippen LogP contribution in [-0.4, -0.2) is 15.7 Å². The average molecular weight is 273 g/mol. The van der Waals surface area contributed by atoms with Crippen molar-refractivity contribution in [3.8, 4) is 0 Å². The molecule has 20 heavy (non-hydrogen) atoms. The molecule has 3 unspecified atom stereocenters. The van der Waals surface area contributed by atoms with Crippen LogP contribution in [0, 0.1) is 5.92 Å². The minimum absolute atomic E-state index is 0.277. The lowest BCUT2D eigenvalue weighted by molar-refractivity contribution is -0.00447. The lowest BCUT2D eigenvalue weighted by Crippen LogP contribution is -2.35. The maximum Gasteiger partial charge on any atom is 0.0731 e. The molecule has 0 aromatic carbocycles. The summed E-state index contributed by atoms with van der Waals surface area (Å²) in [6.45, 7) is 2.27. The molecule has 0 aliphatic heterocycles. The number of aliphatic hydroxyl groups is 1. The van der Waals surface area contributed by atoms with Gasteiger partial charge in [0.1, 0.15) is 0 Å². The Hall–Kier alpha value is -0.890. The number of nitrogens with zero attached hydrogens (tertiary/aromatic N) is 1. The van der Waals surface area contributed by atoms with Gasteiger partial charge in [-0.25, -0.2) is 0 Å². The quantitative estimate of drug-likeness (QED) is 0.836. The summed E-state index contributed by atoms with van der Waals surface area (Å²) in [6.07, 6.45) is 12.3. The summed E-state index contributed by atoms with van der Waals surface area (Å²) in [5, 5.41) is 11.2. The van der Waals surface area contributed by atoms with Crippen LogP contribution in [0.15, 0.2) is 18.3 Å². The van der Waals surface area contributed by atoms with E-state index >= 15 is 0 Å². The molecular weight excluding hydrogens is 246 g/mol. The number of rotatable bonds is 3. The van der Waals surface area contributed by atoms with Crippen molar-refractivity contribution in [2.45, 2.75) is 76.2 Å². The molecule has 2 aliphatic carbocycles. The first kappa shape index (κ1) is 14.1. The maximum absolute atomic E-state index is 11.2. The van der Waals surface area contributed by atoms with Crippen LogP contribution in [0.25, 0.3) is 0 Å². The minimum atomic E-state index is -0.498. The van der Waals surface area contributed by atoms with Crippen molar-refractivity contribution in [3.05, 3.63) is 29.6 Å². The van der Waals surface area contributed by atoms with Gasteiger partial charge in [-0.15, -0.1) is 0 Å². The predicted molar refractivity (Wildman–Crippen MR) is 81.7 cm³/mol. The van der Waals surface area contributed by atoms with Crippen LogP contribution in [0.5, 0.6) is 0 Å². The predicted octanol–water partition coefficient (Wildman–Crippen LogP) is 4.22. The van der Waals surface area contributed by atoms with Gasteiger partial charge < -0.3 is 5.11 Å². The molecule has 0 radical (unpaired) electrons. The molecule has 0 saturated heterocycles. The molecule has 3 rings (SSSR count). The zero-order valence-corrected chi connectivity index (χ0v) is 12.6. The van der Waals surface area contributed by atoms with Crippen molar-refractivity contribution in [2.75, 3.05) is 0 Å². The fourth-order valence-electron chi connectivity index (χ4n) is 4.40. The first-order valence-corrected chi connectivity index (χ1v) is 8.39. The Morgan fingerprint density at radius 2 is 2.20 bits per heavy atom. The van der Waals surface area contributed by atoms with Crippen molar-refractivity contribution < 1.29 is 5.11 Å². The molecular formula is C18H27NO. The van der Waals surface area contributed by atoms with E-state index in [4.69, 9.17) is 0 Å². The van der Waals surface area contributed by atoms with Crippen LogP contribution in [-0.2, 0) is 6.42 Å². The van der Waals surface area contributed by atoms with E-state index < -0.39 is 5.60 Å². The Kier molecular flexibility index (Phi) is 4.11. The second-order valence-electron chi connectivity index (χ2n) is 6.83. The summed E-state index contributed by atoms with van der Waals surface area (Å²) in [5.41, 5.74) is 2.05. The van der Waals surface area contributed by atoms with Crippen molar-refractivity contribution in [1.82, 2.24) is 4.98 Å². The second kappa shape index (κ2) is 5.85. The maximum atomic E-state index is 11.2. The van der Waals surface area contributed by atoms with Crippen molar-refractivity contribution in [3.63, 3.8) is 0 Å². The van der Waals surface area contributed by atoms with Crippen LogP contribution in [0.2, 0.25) is 0 Å². The van der Waals surface area contributed by atoms with Gasteiger partial charge >= 0.3 is 0 Å². The molecule has 3 atom stereocenters. The summed E-state index contributed by atoms with van der Waals surface area (Å²) in [4.78, 5) is 4.59. The number of aromatic nitrogens is 1. The Bertz CT molecular complexity index is 458. The van der Waals surface area contributed by atoms with E-state index in [1.807, 2.05) is 12.3 Å². The Morgan fingerprint density at radius 3 is 3.05 bits per heavy atom. The zero-order chi connectivity index (χ0) is 14.0. The Labute approximate surface area is 122 Å². The van der Waals surface area contributed by atoms with E-state index in [0.29, 0.717) is 0 Å². The van der Waals surface area contributed by atoms with Gasteiger partial charge in [-0.3, -0.25) is 4.98 Å². The average Bonchev–Trinajstić information content (AvgIpc) is 2.81. The monoisotopic (exact) mass is 273 g/mol. The first-order valence-electron chi connectivity index (χ1n) is 8.39. The molecule has 1 fully saturated rings. The second-order valence-corrected chi connectivity index (χ2v) is 6.83. The highest BCUT2D eigenvalue weighted by atomic mass is 16.3. The van der Waals surface area contributed by atoms with E-state index in [0.717, 1.165) is 31.6 Å². The molecule has 0 amide bonds. The molecule has 1 N–H and O–H groups in total. The van der Waals surface area contributed by atoms with E-state index in [9.17, 15) is 5.11 Å². The highest BCUT2D eigenvalue weighted by Crippen LogP contribution is 2.46. The van der Waals surface area contributed by atoms with Crippen LogP contribution in [0.3, 0.4) is 0 Å². The van der Waals surface area contributed by atoms with Gasteiger partial charge in [-0.05, 0) is 49.7 Å². The Balaban J connectivity index is 1.76. The molecule has 2 nitrogen and oxygen atoms in total. The first-order chi connectivity index (χ1) is 9.73. The van der Waals surface area contributed by atoms with E-state index in [1.54, 1.807) is 0 Å². The largest absolute Gasteiger partial charge is 0.389 e. The standard InChI is InChI=1S/C18H27NO/c1-2-5-14-6-3-11-18(20,12-10-14)16-9-8-15-7-4-13-19-17(15)16/h4,7,13-14,16,20H,2-3,5-6,8-12H2,1H3. The van der Waals surface area contributed by atoms with E-state index in [2.05, 4.69) is 18.0 Å². The lowest BCUT2D eigenvalue weighted by atomic mass is 9.79. The summed E-state index contributed by atoms with van der Waals surface area (Å²) >= 11 is 0. The SMILES string of the molecule is CCCC1CCCC(O)(C2CCc3cccnc32)CC1. The summed E-state index contributed by atoms with van der Waals surface area (Å²) in [5.74, 6) is 1.11. The van der Waals surface area contributed by atoms with Crippen molar-refractivity contribution in [2.24, 2.45) is 5.92 Å². The van der Waals surface area contributed by atoms with Crippen LogP contribution in [0.4, 0.5) is 0 Å². The van der Waals surface area contributed by atoms with Gasteiger partial charge in [0.2, 0.25) is 0 Å².